The molecule has 1 saturated carbocycles. The van der Waals surface area contributed by atoms with Crippen molar-refractivity contribution in [3.63, 3.8) is 0 Å². The summed E-state index contributed by atoms with van der Waals surface area (Å²) in [4.78, 5) is 36.2. The molecule has 2 amide bonds. The molecular weight excluding hydrogens is 451 g/mol. The second-order valence-electron chi connectivity index (χ2n) is 8.91. The summed E-state index contributed by atoms with van der Waals surface area (Å²) in [6, 6.07) is 19.6. The number of carbonyl (C=O) groups excluding carboxylic acids is 2. The van der Waals surface area contributed by atoms with Gasteiger partial charge in [-0.2, -0.15) is 0 Å². The van der Waals surface area contributed by atoms with E-state index in [1.54, 1.807) is 0 Å². The summed E-state index contributed by atoms with van der Waals surface area (Å²) >= 11 is 0. The first-order valence-electron chi connectivity index (χ1n) is 11.3. The molecule has 3 aromatic carbocycles. The van der Waals surface area contributed by atoms with Gasteiger partial charge in [0.2, 0.25) is 0 Å². The highest BCUT2D eigenvalue weighted by atomic mass is 19.1. The number of benzene rings is 3. The molecule has 0 aliphatic heterocycles. The molecule has 0 unspecified atom stereocenters. The van der Waals surface area contributed by atoms with Gasteiger partial charge < -0.3 is 15.2 Å². The highest BCUT2D eigenvalue weighted by molar-refractivity contribution is 5.97. The average Bonchev–Trinajstić information content (AvgIpc) is 3.59. The minimum absolute atomic E-state index is 0.0787. The number of anilines is 1. The van der Waals surface area contributed by atoms with Crippen LogP contribution in [-0.4, -0.2) is 36.2 Å². The van der Waals surface area contributed by atoms with Gasteiger partial charge in [-0.1, -0.05) is 48.5 Å². The van der Waals surface area contributed by atoms with E-state index in [0.717, 1.165) is 28.3 Å². The predicted molar refractivity (Wildman–Crippen MR) is 127 cm³/mol. The SMILES string of the molecule is O=C(Nc1ccc(F)c(C(=O)NCC2(C(=O)O)CC2)c1)OCC1c2ccccc2-c2ccccc21. The number of carboxylic acid groups (broad SMARTS) is 1. The zero-order valence-electron chi connectivity index (χ0n) is 18.7. The largest absolute Gasteiger partial charge is 0.481 e. The molecule has 1 fully saturated rings. The van der Waals surface area contributed by atoms with E-state index < -0.39 is 29.2 Å². The molecule has 35 heavy (non-hydrogen) atoms. The Labute approximate surface area is 200 Å². The molecule has 2 aliphatic carbocycles. The molecule has 7 nitrogen and oxygen atoms in total. The van der Waals surface area contributed by atoms with Gasteiger partial charge in [0.05, 0.1) is 11.0 Å². The Morgan fingerprint density at radius 1 is 0.971 bits per heavy atom. The zero-order chi connectivity index (χ0) is 24.6. The number of rotatable bonds is 7. The normalized spacial score (nSPS) is 15.0. The summed E-state index contributed by atoms with van der Waals surface area (Å²) < 4.78 is 19.8. The predicted octanol–water partition coefficient (Wildman–Crippen LogP) is 4.78. The number of hydrogen-bond acceptors (Lipinski definition) is 4. The molecule has 0 saturated heterocycles. The Morgan fingerprint density at radius 3 is 2.20 bits per heavy atom. The van der Waals surface area contributed by atoms with Gasteiger partial charge in [-0.15, -0.1) is 0 Å². The Hall–Kier alpha value is -4.20. The smallest absolute Gasteiger partial charge is 0.411 e. The van der Waals surface area contributed by atoms with E-state index in [2.05, 4.69) is 10.6 Å². The standard InChI is InChI=1S/C27H23FN2O5/c28-23-10-9-16(13-21(23)24(31)29-15-27(11-12-27)25(32)33)30-26(34)35-14-22-19-7-3-1-5-17(19)18-6-2-4-8-20(18)22/h1-10,13,22H,11-12,14-15H2,(H,29,31)(H,30,34)(H,32,33). The highest BCUT2D eigenvalue weighted by Gasteiger charge is 2.50. The molecule has 5 rings (SSSR count). The lowest BCUT2D eigenvalue weighted by Gasteiger charge is -2.15. The molecular formula is C27H23FN2O5. The van der Waals surface area contributed by atoms with Gasteiger partial charge in [0.1, 0.15) is 12.4 Å². The van der Waals surface area contributed by atoms with Crippen LogP contribution < -0.4 is 10.6 Å². The second-order valence-corrected chi connectivity index (χ2v) is 8.91. The van der Waals surface area contributed by atoms with Crippen LogP contribution in [0.1, 0.15) is 40.2 Å². The number of amides is 2. The minimum Gasteiger partial charge on any atom is -0.481 e. The van der Waals surface area contributed by atoms with E-state index >= 15 is 0 Å². The fourth-order valence-corrected chi connectivity index (χ4v) is 4.49. The summed E-state index contributed by atoms with van der Waals surface area (Å²) in [6.07, 6.45) is 0.204. The quantitative estimate of drug-likeness (QED) is 0.457. The average molecular weight is 474 g/mol. The van der Waals surface area contributed by atoms with Crippen LogP contribution in [0.5, 0.6) is 0 Å². The van der Waals surface area contributed by atoms with Crippen molar-refractivity contribution in [2.75, 3.05) is 18.5 Å². The van der Waals surface area contributed by atoms with Crippen LogP contribution in [0.3, 0.4) is 0 Å². The van der Waals surface area contributed by atoms with E-state index in [1.165, 1.54) is 12.1 Å². The molecule has 0 spiro atoms. The van der Waals surface area contributed by atoms with Crippen molar-refractivity contribution in [2.24, 2.45) is 5.41 Å². The number of aliphatic carboxylic acids is 1. The molecule has 0 atom stereocenters. The number of hydrogen-bond donors (Lipinski definition) is 3. The first kappa shape index (κ1) is 22.6. The number of nitrogens with one attached hydrogen (secondary N) is 2. The van der Waals surface area contributed by atoms with Crippen LogP contribution in [0.4, 0.5) is 14.9 Å². The van der Waals surface area contributed by atoms with Crippen LogP contribution >= 0.6 is 0 Å². The lowest BCUT2D eigenvalue weighted by atomic mass is 9.98. The topological polar surface area (TPSA) is 105 Å². The van der Waals surface area contributed by atoms with Gasteiger partial charge in [-0.25, -0.2) is 9.18 Å². The van der Waals surface area contributed by atoms with Crippen molar-refractivity contribution in [1.82, 2.24) is 5.32 Å². The van der Waals surface area contributed by atoms with Crippen molar-refractivity contribution in [3.05, 3.63) is 89.2 Å². The molecule has 0 aromatic heterocycles. The maximum atomic E-state index is 14.3. The molecule has 8 heteroatoms. The summed E-state index contributed by atoms with van der Waals surface area (Å²) in [5.41, 5.74) is 3.32. The Morgan fingerprint density at radius 2 is 1.60 bits per heavy atom. The van der Waals surface area contributed by atoms with Crippen LogP contribution in [0.25, 0.3) is 11.1 Å². The van der Waals surface area contributed by atoms with Crippen molar-refractivity contribution >= 4 is 23.7 Å². The number of ether oxygens (including phenoxy) is 1. The number of carbonyl (C=O) groups is 3. The van der Waals surface area contributed by atoms with Gasteiger partial charge >= 0.3 is 12.1 Å². The molecule has 2 aliphatic rings. The minimum atomic E-state index is -0.982. The summed E-state index contributed by atoms with van der Waals surface area (Å²) in [7, 11) is 0. The van der Waals surface area contributed by atoms with Crippen molar-refractivity contribution in [3.8, 4) is 11.1 Å². The van der Waals surface area contributed by atoms with E-state index in [1.807, 2.05) is 48.5 Å². The summed E-state index contributed by atoms with van der Waals surface area (Å²) in [6.45, 7) is 0.0380. The third-order valence-corrected chi connectivity index (χ3v) is 6.70. The van der Waals surface area contributed by atoms with Crippen molar-refractivity contribution in [2.45, 2.75) is 18.8 Å². The molecule has 0 radical (unpaired) electrons. The van der Waals surface area contributed by atoms with E-state index in [0.29, 0.717) is 12.8 Å². The molecule has 3 aromatic rings. The highest BCUT2D eigenvalue weighted by Crippen LogP contribution is 2.45. The van der Waals surface area contributed by atoms with Gasteiger partial charge in [0, 0.05) is 18.2 Å². The number of fused-ring (bicyclic) bond motifs is 3. The van der Waals surface area contributed by atoms with Crippen LogP contribution in [0.15, 0.2) is 66.7 Å². The second kappa shape index (κ2) is 8.87. The monoisotopic (exact) mass is 474 g/mol. The summed E-state index contributed by atoms with van der Waals surface area (Å²) in [5, 5.41) is 14.3. The van der Waals surface area contributed by atoms with Crippen LogP contribution in [0.2, 0.25) is 0 Å². The molecule has 3 N–H and O–H groups in total. The Balaban J connectivity index is 1.23. The van der Waals surface area contributed by atoms with E-state index in [9.17, 15) is 23.9 Å². The maximum Gasteiger partial charge on any atom is 0.411 e. The third kappa shape index (κ3) is 4.35. The van der Waals surface area contributed by atoms with Crippen LogP contribution in [-0.2, 0) is 9.53 Å². The van der Waals surface area contributed by atoms with Gasteiger partial charge in [-0.3, -0.25) is 14.9 Å². The van der Waals surface area contributed by atoms with Gasteiger partial charge in [-0.05, 0) is 53.3 Å². The van der Waals surface area contributed by atoms with E-state index in [-0.39, 0.29) is 30.3 Å². The first-order valence-corrected chi connectivity index (χ1v) is 11.3. The lowest BCUT2D eigenvalue weighted by Crippen LogP contribution is -2.34. The Kier molecular flexibility index (Phi) is 5.72. The van der Waals surface area contributed by atoms with Crippen LogP contribution in [0, 0.1) is 11.2 Å². The fraction of sp³-hybridized carbons (Fsp3) is 0.222. The van der Waals surface area contributed by atoms with Crippen molar-refractivity contribution < 1.29 is 28.6 Å². The first-order chi connectivity index (χ1) is 16.9. The third-order valence-electron chi connectivity index (χ3n) is 6.70. The van der Waals surface area contributed by atoms with Gasteiger partial charge in [0.25, 0.3) is 5.91 Å². The number of carboxylic acids is 1. The molecule has 178 valence electrons. The van der Waals surface area contributed by atoms with Crippen molar-refractivity contribution in [1.29, 1.82) is 0 Å². The fourth-order valence-electron chi connectivity index (χ4n) is 4.49. The van der Waals surface area contributed by atoms with E-state index in [4.69, 9.17) is 4.74 Å². The summed E-state index contributed by atoms with van der Waals surface area (Å²) in [5.74, 6) is -2.61. The van der Waals surface area contributed by atoms with Gasteiger partial charge in [0.15, 0.2) is 0 Å². The molecule has 0 heterocycles. The number of halogens is 1. The maximum absolute atomic E-state index is 14.3. The lowest BCUT2D eigenvalue weighted by molar-refractivity contribution is -0.143. The molecule has 0 bridgehead atoms. The Bertz CT molecular complexity index is 1290. The zero-order valence-corrected chi connectivity index (χ0v) is 18.7.